The summed E-state index contributed by atoms with van der Waals surface area (Å²) in [5.74, 6) is -0.561. The van der Waals surface area contributed by atoms with E-state index in [1.165, 1.54) is 7.11 Å². The molecule has 0 radical (unpaired) electrons. The zero-order valence-corrected chi connectivity index (χ0v) is 15.4. The summed E-state index contributed by atoms with van der Waals surface area (Å²) in [5, 5.41) is 10.0. The van der Waals surface area contributed by atoms with E-state index in [0.717, 1.165) is 5.56 Å². The molecule has 0 aromatic heterocycles. The van der Waals surface area contributed by atoms with Gasteiger partial charge in [-0.2, -0.15) is 0 Å². The second kappa shape index (κ2) is 9.12. The molecule has 0 unspecified atom stereocenters. The third-order valence-corrected chi connectivity index (χ3v) is 4.91. The van der Waals surface area contributed by atoms with Crippen LogP contribution in [0.3, 0.4) is 0 Å². The third kappa shape index (κ3) is 4.37. The van der Waals surface area contributed by atoms with Gasteiger partial charge in [-0.3, -0.25) is 4.79 Å². The van der Waals surface area contributed by atoms with Crippen LogP contribution in [0.15, 0.2) is 41.6 Å². The lowest BCUT2D eigenvalue weighted by Crippen LogP contribution is -2.40. The molecular weight excluding hydrogens is 350 g/mol. The number of esters is 1. The van der Waals surface area contributed by atoms with E-state index in [0.29, 0.717) is 43.7 Å². The summed E-state index contributed by atoms with van der Waals surface area (Å²) in [6, 6.07) is 8.76. The molecule has 7 heteroatoms. The minimum Gasteiger partial charge on any atom is -0.466 e. The molecule has 146 valence electrons. The van der Waals surface area contributed by atoms with Crippen LogP contribution in [0.2, 0.25) is 0 Å². The standard InChI is InChI=1S/C20H25NO6/c1-25-20(24)15-7-9-18(23)21(16(15)8-10-19-26-11-12-27-19)17(13-22)14-5-3-2-4-6-14/h2-6,17,19,22H,7-13H2,1H3/t17-/m1/s1. The lowest BCUT2D eigenvalue weighted by molar-refractivity contribution is -0.138. The molecule has 2 heterocycles. The Balaban J connectivity index is 1.95. The number of rotatable bonds is 7. The molecule has 0 saturated carbocycles. The van der Waals surface area contributed by atoms with Crippen molar-refractivity contribution in [2.75, 3.05) is 26.9 Å². The maximum absolute atomic E-state index is 12.8. The number of ether oxygens (including phenoxy) is 3. The first-order valence-corrected chi connectivity index (χ1v) is 9.17. The zero-order valence-electron chi connectivity index (χ0n) is 15.4. The number of hydrogen-bond donors (Lipinski definition) is 1. The molecule has 1 saturated heterocycles. The Morgan fingerprint density at radius 3 is 2.59 bits per heavy atom. The van der Waals surface area contributed by atoms with Crippen molar-refractivity contribution in [1.29, 1.82) is 0 Å². The summed E-state index contributed by atoms with van der Waals surface area (Å²) >= 11 is 0. The van der Waals surface area contributed by atoms with Gasteiger partial charge >= 0.3 is 5.97 Å². The topological polar surface area (TPSA) is 85.3 Å². The van der Waals surface area contributed by atoms with E-state index in [-0.39, 0.29) is 25.2 Å². The second-order valence-corrected chi connectivity index (χ2v) is 6.50. The van der Waals surface area contributed by atoms with Gasteiger partial charge in [0, 0.05) is 18.5 Å². The van der Waals surface area contributed by atoms with Crippen LogP contribution in [0.4, 0.5) is 0 Å². The number of hydrogen-bond acceptors (Lipinski definition) is 6. The zero-order chi connectivity index (χ0) is 19.2. The fraction of sp³-hybridized carbons (Fsp3) is 0.500. The van der Waals surface area contributed by atoms with E-state index in [1.54, 1.807) is 4.90 Å². The SMILES string of the molecule is COC(=O)C1=C(CCC2OCCO2)N([C@H](CO)c2ccccc2)C(=O)CC1. The number of carbonyl (C=O) groups is 2. The first-order chi connectivity index (χ1) is 13.2. The van der Waals surface area contributed by atoms with Gasteiger partial charge in [0.1, 0.15) is 0 Å². The number of allylic oxidation sites excluding steroid dienone is 1. The van der Waals surface area contributed by atoms with E-state index in [9.17, 15) is 14.7 Å². The van der Waals surface area contributed by atoms with Gasteiger partial charge in [-0.25, -0.2) is 4.79 Å². The smallest absolute Gasteiger partial charge is 0.335 e. The highest BCUT2D eigenvalue weighted by Crippen LogP contribution is 2.35. The molecule has 2 aliphatic heterocycles. The van der Waals surface area contributed by atoms with Crippen LogP contribution in [0.1, 0.15) is 37.3 Å². The van der Waals surface area contributed by atoms with Crippen molar-refractivity contribution < 1.29 is 28.9 Å². The fourth-order valence-electron chi connectivity index (χ4n) is 3.61. The van der Waals surface area contributed by atoms with Crippen molar-refractivity contribution in [2.24, 2.45) is 0 Å². The van der Waals surface area contributed by atoms with E-state index in [2.05, 4.69) is 0 Å². The monoisotopic (exact) mass is 375 g/mol. The van der Waals surface area contributed by atoms with Gasteiger partial charge in [0.15, 0.2) is 6.29 Å². The maximum Gasteiger partial charge on any atom is 0.335 e. The van der Waals surface area contributed by atoms with E-state index in [1.807, 2.05) is 30.3 Å². The Bertz CT molecular complexity index is 696. The molecule has 1 fully saturated rings. The van der Waals surface area contributed by atoms with Crippen molar-refractivity contribution in [2.45, 2.75) is 38.0 Å². The van der Waals surface area contributed by atoms with E-state index in [4.69, 9.17) is 14.2 Å². The molecular formula is C20H25NO6. The average Bonchev–Trinajstić information content (AvgIpc) is 3.22. The predicted octanol–water partition coefficient (Wildman–Crippen LogP) is 1.92. The minimum absolute atomic E-state index is 0.117. The first kappa shape index (κ1) is 19.5. The number of carbonyl (C=O) groups excluding carboxylic acids is 2. The largest absolute Gasteiger partial charge is 0.466 e. The number of benzene rings is 1. The number of methoxy groups -OCH3 is 1. The van der Waals surface area contributed by atoms with Crippen LogP contribution in [0.5, 0.6) is 0 Å². The summed E-state index contributed by atoms with van der Waals surface area (Å²) in [4.78, 5) is 26.7. The normalized spacial score (nSPS) is 19.5. The highest BCUT2D eigenvalue weighted by molar-refractivity contribution is 5.93. The van der Waals surface area contributed by atoms with Crippen LogP contribution in [-0.4, -0.2) is 55.1 Å². The molecule has 0 aliphatic carbocycles. The van der Waals surface area contributed by atoms with Crippen molar-refractivity contribution in [3.63, 3.8) is 0 Å². The van der Waals surface area contributed by atoms with Crippen LogP contribution in [0, 0.1) is 0 Å². The molecule has 1 N–H and O–H groups in total. The summed E-state index contributed by atoms with van der Waals surface area (Å²) in [6.45, 7) is 0.836. The number of aliphatic hydroxyl groups excluding tert-OH is 1. The Hall–Kier alpha value is -2.22. The van der Waals surface area contributed by atoms with Crippen LogP contribution in [0.25, 0.3) is 0 Å². The van der Waals surface area contributed by atoms with Gasteiger partial charge in [-0.05, 0) is 18.4 Å². The predicted molar refractivity (Wildman–Crippen MR) is 96.3 cm³/mol. The summed E-state index contributed by atoms with van der Waals surface area (Å²) in [5.41, 5.74) is 1.87. The Labute approximate surface area is 158 Å². The lowest BCUT2D eigenvalue weighted by Gasteiger charge is -2.37. The molecule has 1 amide bonds. The summed E-state index contributed by atoms with van der Waals surface area (Å²) in [6.07, 6.45) is 1.13. The van der Waals surface area contributed by atoms with Gasteiger partial charge in [0.05, 0.1) is 38.5 Å². The van der Waals surface area contributed by atoms with Crippen LogP contribution < -0.4 is 0 Å². The van der Waals surface area contributed by atoms with Crippen molar-refractivity contribution in [3.05, 3.63) is 47.2 Å². The third-order valence-electron chi connectivity index (χ3n) is 4.91. The average molecular weight is 375 g/mol. The number of amides is 1. The van der Waals surface area contributed by atoms with Gasteiger partial charge in [-0.15, -0.1) is 0 Å². The molecule has 1 atom stereocenters. The molecule has 0 spiro atoms. The van der Waals surface area contributed by atoms with Gasteiger partial charge in [-0.1, -0.05) is 30.3 Å². The van der Waals surface area contributed by atoms with Crippen molar-refractivity contribution >= 4 is 11.9 Å². The quantitative estimate of drug-likeness (QED) is 0.733. The van der Waals surface area contributed by atoms with Gasteiger partial charge in [0.25, 0.3) is 0 Å². The molecule has 7 nitrogen and oxygen atoms in total. The summed E-state index contributed by atoms with van der Waals surface area (Å²) in [7, 11) is 1.33. The van der Waals surface area contributed by atoms with Gasteiger partial charge < -0.3 is 24.2 Å². The molecule has 0 bridgehead atoms. The maximum atomic E-state index is 12.8. The Morgan fingerprint density at radius 2 is 1.96 bits per heavy atom. The van der Waals surface area contributed by atoms with E-state index < -0.39 is 12.0 Å². The highest BCUT2D eigenvalue weighted by Gasteiger charge is 2.35. The second-order valence-electron chi connectivity index (χ2n) is 6.50. The van der Waals surface area contributed by atoms with Crippen molar-refractivity contribution in [3.8, 4) is 0 Å². The number of aliphatic hydroxyl groups is 1. The molecule has 1 aromatic carbocycles. The Kier molecular flexibility index (Phi) is 6.60. The molecule has 27 heavy (non-hydrogen) atoms. The highest BCUT2D eigenvalue weighted by atomic mass is 16.7. The number of nitrogens with zero attached hydrogens (tertiary/aromatic N) is 1. The summed E-state index contributed by atoms with van der Waals surface area (Å²) < 4.78 is 15.9. The van der Waals surface area contributed by atoms with Crippen molar-refractivity contribution in [1.82, 2.24) is 4.90 Å². The first-order valence-electron chi connectivity index (χ1n) is 9.17. The minimum atomic E-state index is -0.556. The van der Waals surface area contributed by atoms with Gasteiger partial charge in [0.2, 0.25) is 5.91 Å². The molecule has 1 aromatic rings. The lowest BCUT2D eigenvalue weighted by atomic mass is 9.94. The van der Waals surface area contributed by atoms with Crippen LogP contribution >= 0.6 is 0 Å². The van der Waals surface area contributed by atoms with Crippen LogP contribution in [-0.2, 0) is 23.8 Å². The fourth-order valence-corrected chi connectivity index (χ4v) is 3.61. The molecule has 3 rings (SSSR count). The van der Waals surface area contributed by atoms with E-state index >= 15 is 0 Å². The molecule has 2 aliphatic rings. The Morgan fingerprint density at radius 1 is 1.26 bits per heavy atom.